The Morgan fingerprint density at radius 2 is 1.81 bits per heavy atom. The summed E-state index contributed by atoms with van der Waals surface area (Å²) in [6.45, 7) is 10.8. The molecule has 190 valence electrons. The molecule has 36 heavy (non-hydrogen) atoms. The highest BCUT2D eigenvalue weighted by Gasteiger charge is 2.36. The number of benzene rings is 1. The molecule has 0 radical (unpaired) electrons. The van der Waals surface area contributed by atoms with Gasteiger partial charge in [-0.15, -0.1) is 11.3 Å². The first kappa shape index (κ1) is 24.8. The van der Waals surface area contributed by atoms with Gasteiger partial charge in [0.05, 0.1) is 11.8 Å². The summed E-state index contributed by atoms with van der Waals surface area (Å²) in [5, 5.41) is 3.67. The highest BCUT2D eigenvalue weighted by molar-refractivity contribution is 7.17. The molecule has 2 aromatic heterocycles. The van der Waals surface area contributed by atoms with Gasteiger partial charge in [-0.2, -0.15) is 0 Å². The number of nitrogens with zero attached hydrogens (tertiary/aromatic N) is 2. The van der Waals surface area contributed by atoms with Gasteiger partial charge in [0, 0.05) is 37.6 Å². The zero-order chi connectivity index (χ0) is 25.3. The minimum absolute atomic E-state index is 0.0378. The van der Waals surface area contributed by atoms with Crippen molar-refractivity contribution in [3.8, 4) is 0 Å². The summed E-state index contributed by atoms with van der Waals surface area (Å²) in [6.07, 6.45) is 4.37. The Morgan fingerprint density at radius 1 is 1.06 bits per heavy atom. The molecule has 0 unspecified atom stereocenters. The molecule has 5 rings (SSSR count). The quantitative estimate of drug-likeness (QED) is 0.483. The summed E-state index contributed by atoms with van der Waals surface area (Å²) in [6, 6.07) is 13.8. The zero-order valence-electron chi connectivity index (χ0n) is 21.4. The third kappa shape index (κ3) is 5.27. The van der Waals surface area contributed by atoms with Crippen molar-refractivity contribution in [1.82, 2.24) is 9.80 Å². The van der Waals surface area contributed by atoms with Crippen LogP contribution in [0, 0.1) is 11.3 Å². The largest absolute Gasteiger partial charge is 0.459 e. The van der Waals surface area contributed by atoms with Crippen LogP contribution in [0.2, 0.25) is 0 Å². The average Bonchev–Trinajstić information content (AvgIpc) is 3.52. The summed E-state index contributed by atoms with van der Waals surface area (Å²) < 4.78 is 5.30. The molecule has 1 aromatic carbocycles. The van der Waals surface area contributed by atoms with Crippen molar-refractivity contribution in [2.75, 3.05) is 31.5 Å². The molecule has 1 atom stereocenters. The number of fused-ring (bicyclic) bond motifs is 1. The second kappa shape index (κ2) is 10.2. The fraction of sp³-hybridized carbons (Fsp3) is 0.448. The summed E-state index contributed by atoms with van der Waals surface area (Å²) in [5.74, 6) is 0.534. The van der Waals surface area contributed by atoms with Crippen LogP contribution in [-0.4, -0.2) is 47.8 Å². The monoisotopic (exact) mass is 505 g/mol. The van der Waals surface area contributed by atoms with Crippen molar-refractivity contribution in [1.29, 1.82) is 0 Å². The predicted molar refractivity (Wildman–Crippen MR) is 144 cm³/mol. The molecular weight excluding hydrogens is 470 g/mol. The fourth-order valence-corrected chi connectivity index (χ4v) is 6.64. The van der Waals surface area contributed by atoms with Gasteiger partial charge < -0.3 is 14.6 Å². The summed E-state index contributed by atoms with van der Waals surface area (Å²) >= 11 is 1.57. The Balaban J connectivity index is 1.36. The van der Waals surface area contributed by atoms with Crippen LogP contribution in [0.3, 0.4) is 0 Å². The molecule has 7 heteroatoms. The molecular formula is C29H35N3O3S. The van der Waals surface area contributed by atoms with Crippen LogP contribution >= 0.6 is 11.3 Å². The molecule has 2 amide bonds. The zero-order valence-corrected chi connectivity index (χ0v) is 22.2. The fourth-order valence-electron chi connectivity index (χ4n) is 5.32. The number of rotatable bonds is 5. The lowest BCUT2D eigenvalue weighted by atomic mass is 9.72. The highest BCUT2D eigenvalue weighted by Crippen LogP contribution is 2.44. The number of thiophene rings is 1. The number of furan rings is 1. The van der Waals surface area contributed by atoms with E-state index in [2.05, 4.69) is 55.3 Å². The van der Waals surface area contributed by atoms with Crippen molar-refractivity contribution < 1.29 is 14.0 Å². The maximum atomic E-state index is 13.9. The molecule has 3 heterocycles. The number of hydrogen-bond acceptors (Lipinski definition) is 5. The van der Waals surface area contributed by atoms with E-state index < -0.39 is 0 Å². The normalized spacial score (nSPS) is 18.6. The number of amides is 2. The van der Waals surface area contributed by atoms with Crippen LogP contribution in [-0.2, 0) is 19.4 Å². The number of piperazine rings is 1. The van der Waals surface area contributed by atoms with E-state index in [0.29, 0.717) is 29.6 Å². The van der Waals surface area contributed by atoms with Crippen molar-refractivity contribution in [3.63, 3.8) is 0 Å². The van der Waals surface area contributed by atoms with Crippen LogP contribution < -0.4 is 5.32 Å². The minimum atomic E-state index is -0.312. The van der Waals surface area contributed by atoms with Crippen molar-refractivity contribution in [2.24, 2.45) is 11.3 Å². The summed E-state index contributed by atoms with van der Waals surface area (Å²) in [7, 11) is 0. The second-order valence-electron chi connectivity index (χ2n) is 11.0. The lowest BCUT2D eigenvalue weighted by Gasteiger charge is -2.36. The molecule has 0 saturated carbocycles. The van der Waals surface area contributed by atoms with E-state index in [4.69, 9.17) is 4.42 Å². The third-order valence-electron chi connectivity index (χ3n) is 7.58. The van der Waals surface area contributed by atoms with Gasteiger partial charge in [-0.3, -0.25) is 14.5 Å². The van der Waals surface area contributed by atoms with Crippen LogP contribution in [0.5, 0.6) is 0 Å². The molecule has 0 bridgehead atoms. The molecule has 1 fully saturated rings. The number of carbonyl (C=O) groups excluding carboxylic acids is 2. The first-order chi connectivity index (χ1) is 17.3. The van der Waals surface area contributed by atoms with Crippen LogP contribution in [0.15, 0.2) is 53.1 Å². The van der Waals surface area contributed by atoms with E-state index in [9.17, 15) is 9.59 Å². The van der Waals surface area contributed by atoms with Gasteiger partial charge >= 0.3 is 0 Å². The van der Waals surface area contributed by atoms with Crippen LogP contribution in [0.4, 0.5) is 5.00 Å². The average molecular weight is 506 g/mol. The Kier molecular flexibility index (Phi) is 7.04. The van der Waals surface area contributed by atoms with E-state index in [0.717, 1.165) is 44.5 Å². The van der Waals surface area contributed by atoms with Crippen molar-refractivity contribution >= 4 is 28.2 Å². The maximum Gasteiger partial charge on any atom is 0.291 e. The van der Waals surface area contributed by atoms with Gasteiger partial charge in [-0.25, -0.2) is 0 Å². The van der Waals surface area contributed by atoms with E-state index in [1.54, 1.807) is 23.5 Å². The smallest absolute Gasteiger partial charge is 0.291 e. The van der Waals surface area contributed by atoms with E-state index in [1.807, 2.05) is 11.0 Å². The SMILES string of the molecule is CC(C)(C)[C@@H]1CCc2c(sc(NC(=O)c3ccco3)c2C(=O)N2CCN(Cc3ccccc3)CC2)C1. The van der Waals surface area contributed by atoms with Crippen LogP contribution in [0.1, 0.15) is 64.1 Å². The summed E-state index contributed by atoms with van der Waals surface area (Å²) in [4.78, 5) is 32.4. The first-order valence-electron chi connectivity index (χ1n) is 12.8. The van der Waals surface area contributed by atoms with E-state index in [1.165, 1.54) is 16.7 Å². The number of carbonyl (C=O) groups is 2. The predicted octanol–water partition coefficient (Wildman–Crippen LogP) is 5.70. The Bertz CT molecular complexity index is 1200. The van der Waals surface area contributed by atoms with Gasteiger partial charge in [-0.1, -0.05) is 51.1 Å². The van der Waals surface area contributed by atoms with E-state index >= 15 is 0 Å². The molecule has 1 aliphatic heterocycles. The standard InChI is InChI=1S/C29H35N3O3S/c1-29(2,3)21-11-12-22-24(18-21)36-27(30-26(33)23-10-7-17-35-23)25(22)28(34)32-15-13-31(14-16-32)19-20-8-5-4-6-9-20/h4-10,17,21H,11-16,18-19H2,1-3H3,(H,30,33)/t21-/m1/s1. The van der Waals surface area contributed by atoms with E-state index in [-0.39, 0.29) is 23.0 Å². The van der Waals surface area contributed by atoms with Gasteiger partial charge in [0.15, 0.2) is 5.76 Å². The van der Waals surface area contributed by atoms with Crippen LogP contribution in [0.25, 0.3) is 0 Å². The lowest BCUT2D eigenvalue weighted by molar-refractivity contribution is 0.0628. The molecule has 3 aromatic rings. The molecule has 1 saturated heterocycles. The Labute approximate surface area is 217 Å². The van der Waals surface area contributed by atoms with Gasteiger partial charge in [0.1, 0.15) is 5.00 Å². The summed E-state index contributed by atoms with van der Waals surface area (Å²) in [5.41, 5.74) is 3.32. The van der Waals surface area contributed by atoms with Crippen molar-refractivity contribution in [2.45, 2.75) is 46.6 Å². The maximum absolute atomic E-state index is 13.9. The lowest BCUT2D eigenvalue weighted by Crippen LogP contribution is -2.48. The molecule has 1 N–H and O–H groups in total. The second-order valence-corrected chi connectivity index (χ2v) is 12.1. The first-order valence-corrected chi connectivity index (χ1v) is 13.7. The van der Waals surface area contributed by atoms with Crippen molar-refractivity contribution in [3.05, 3.63) is 76.1 Å². The molecule has 1 aliphatic carbocycles. The molecule has 0 spiro atoms. The number of anilines is 1. The van der Waals surface area contributed by atoms with Gasteiger partial charge in [0.2, 0.25) is 0 Å². The number of nitrogens with one attached hydrogen (secondary N) is 1. The Hall–Kier alpha value is -2.90. The Morgan fingerprint density at radius 3 is 2.47 bits per heavy atom. The highest BCUT2D eigenvalue weighted by atomic mass is 32.1. The van der Waals surface area contributed by atoms with Gasteiger partial charge in [-0.05, 0) is 53.9 Å². The number of hydrogen-bond donors (Lipinski definition) is 1. The molecule has 2 aliphatic rings. The minimum Gasteiger partial charge on any atom is -0.459 e. The van der Waals surface area contributed by atoms with Gasteiger partial charge in [0.25, 0.3) is 11.8 Å². The topological polar surface area (TPSA) is 65.8 Å². The molecule has 6 nitrogen and oxygen atoms in total. The third-order valence-corrected chi connectivity index (χ3v) is 8.75.